The summed E-state index contributed by atoms with van der Waals surface area (Å²) in [5, 5.41) is 5.56. The molecule has 4 heteroatoms. The Morgan fingerprint density at radius 2 is 1.50 bits per heavy atom. The van der Waals surface area contributed by atoms with E-state index in [9.17, 15) is 4.79 Å². The lowest BCUT2D eigenvalue weighted by atomic mass is 10.1. The summed E-state index contributed by atoms with van der Waals surface area (Å²) in [5.41, 5.74) is 11.1. The molecule has 0 radical (unpaired) electrons. The normalized spacial score (nSPS) is 10.2. The van der Waals surface area contributed by atoms with Gasteiger partial charge in [0.1, 0.15) is 0 Å². The molecule has 0 saturated heterocycles. The van der Waals surface area contributed by atoms with E-state index >= 15 is 0 Å². The molecule has 0 unspecified atom stereocenters. The molecule has 0 aliphatic heterocycles. The number of rotatable bonds is 3. The lowest BCUT2D eigenvalue weighted by Gasteiger charge is -2.11. The summed E-state index contributed by atoms with van der Waals surface area (Å²) in [6.07, 6.45) is 0. The van der Waals surface area contributed by atoms with Crippen molar-refractivity contribution in [3.8, 4) is 11.1 Å². The second-order valence-electron chi connectivity index (χ2n) is 5.61. The zero-order valence-corrected chi connectivity index (χ0v) is 13.4. The number of carbonyl (C=O) groups excluding carboxylic acids is 1. The van der Waals surface area contributed by atoms with Crippen molar-refractivity contribution in [3.05, 3.63) is 78.4 Å². The first-order chi connectivity index (χ1) is 11.6. The van der Waals surface area contributed by atoms with E-state index in [0.29, 0.717) is 11.4 Å². The van der Waals surface area contributed by atoms with Crippen LogP contribution >= 0.6 is 0 Å². The molecule has 0 atom stereocenters. The molecule has 4 N–H and O–H groups in total. The molecule has 4 nitrogen and oxygen atoms in total. The number of aryl methyl sites for hydroxylation is 1. The molecule has 0 aliphatic carbocycles. The van der Waals surface area contributed by atoms with Crippen LogP contribution in [-0.4, -0.2) is 6.03 Å². The molecule has 2 amide bonds. The number of hydrogen-bond acceptors (Lipinski definition) is 2. The van der Waals surface area contributed by atoms with Gasteiger partial charge in [-0.1, -0.05) is 48.5 Å². The molecule has 3 rings (SSSR count). The van der Waals surface area contributed by atoms with Gasteiger partial charge in [0.15, 0.2) is 0 Å². The molecule has 3 aromatic carbocycles. The Kier molecular flexibility index (Phi) is 4.47. The lowest BCUT2D eigenvalue weighted by molar-refractivity contribution is 0.262. The Morgan fingerprint density at radius 1 is 0.833 bits per heavy atom. The highest BCUT2D eigenvalue weighted by Gasteiger charge is 2.06. The smallest absolute Gasteiger partial charge is 0.323 e. The molecule has 0 aliphatic rings. The monoisotopic (exact) mass is 317 g/mol. The minimum atomic E-state index is -0.321. The van der Waals surface area contributed by atoms with E-state index < -0.39 is 0 Å². The number of carbonyl (C=O) groups is 1. The van der Waals surface area contributed by atoms with Gasteiger partial charge in [-0.2, -0.15) is 0 Å². The fourth-order valence-corrected chi connectivity index (χ4v) is 2.46. The summed E-state index contributed by atoms with van der Waals surface area (Å²) >= 11 is 0. The molecule has 0 spiro atoms. The topological polar surface area (TPSA) is 67.2 Å². The van der Waals surface area contributed by atoms with Crippen molar-refractivity contribution in [2.24, 2.45) is 0 Å². The first-order valence-corrected chi connectivity index (χ1v) is 7.71. The summed E-state index contributed by atoms with van der Waals surface area (Å²) in [5.74, 6) is 0. The number of benzene rings is 3. The Balaban J connectivity index is 1.66. The fourth-order valence-electron chi connectivity index (χ4n) is 2.46. The van der Waals surface area contributed by atoms with Crippen LogP contribution in [0, 0.1) is 6.92 Å². The lowest BCUT2D eigenvalue weighted by Crippen LogP contribution is -2.20. The van der Waals surface area contributed by atoms with Crippen LogP contribution in [0.3, 0.4) is 0 Å². The van der Waals surface area contributed by atoms with Gasteiger partial charge in [-0.25, -0.2) is 4.79 Å². The van der Waals surface area contributed by atoms with Crippen molar-refractivity contribution in [2.45, 2.75) is 6.92 Å². The maximum atomic E-state index is 12.1. The average Bonchev–Trinajstić information content (AvgIpc) is 2.59. The first kappa shape index (κ1) is 15.6. The summed E-state index contributed by atoms with van der Waals surface area (Å²) in [6, 6.07) is 23.0. The van der Waals surface area contributed by atoms with Crippen molar-refractivity contribution in [1.29, 1.82) is 0 Å². The van der Waals surface area contributed by atoms with Crippen molar-refractivity contribution in [3.63, 3.8) is 0 Å². The predicted molar refractivity (Wildman–Crippen MR) is 100 cm³/mol. The van der Waals surface area contributed by atoms with Gasteiger partial charge in [0, 0.05) is 5.69 Å². The third kappa shape index (κ3) is 3.73. The highest BCUT2D eigenvalue weighted by molar-refractivity contribution is 6.01. The maximum absolute atomic E-state index is 12.1. The Bertz CT molecular complexity index is 843. The molecule has 0 bridgehead atoms. The predicted octanol–water partition coefficient (Wildman–Crippen LogP) is 4.89. The molecule has 0 aromatic heterocycles. The van der Waals surface area contributed by atoms with Crippen molar-refractivity contribution in [1.82, 2.24) is 0 Å². The SMILES string of the molecule is Cc1ccc(NC(=O)Nc2ccc(-c3ccccc3)cc2)c(N)c1. The Labute approximate surface area is 141 Å². The summed E-state index contributed by atoms with van der Waals surface area (Å²) in [4.78, 5) is 12.1. The van der Waals surface area contributed by atoms with E-state index in [1.165, 1.54) is 0 Å². The summed E-state index contributed by atoms with van der Waals surface area (Å²) in [7, 11) is 0. The Hall–Kier alpha value is -3.27. The molecular weight excluding hydrogens is 298 g/mol. The maximum Gasteiger partial charge on any atom is 0.323 e. The number of nitrogens with two attached hydrogens (primary N) is 1. The number of amides is 2. The van der Waals surface area contributed by atoms with Gasteiger partial charge in [-0.05, 0) is 47.9 Å². The van der Waals surface area contributed by atoms with Crippen molar-refractivity contribution >= 4 is 23.1 Å². The van der Waals surface area contributed by atoms with E-state index in [-0.39, 0.29) is 6.03 Å². The molecule has 3 aromatic rings. The minimum absolute atomic E-state index is 0.321. The zero-order chi connectivity index (χ0) is 16.9. The summed E-state index contributed by atoms with van der Waals surface area (Å²) in [6.45, 7) is 1.95. The van der Waals surface area contributed by atoms with Gasteiger partial charge in [0.25, 0.3) is 0 Å². The number of hydrogen-bond donors (Lipinski definition) is 3. The van der Waals surface area contributed by atoms with Crippen LogP contribution in [0.25, 0.3) is 11.1 Å². The van der Waals surface area contributed by atoms with E-state index in [1.54, 1.807) is 6.07 Å². The molecule has 0 heterocycles. The van der Waals surface area contributed by atoms with Crippen LogP contribution in [0.5, 0.6) is 0 Å². The molecular formula is C20H19N3O. The molecule has 0 fully saturated rings. The first-order valence-electron chi connectivity index (χ1n) is 7.71. The van der Waals surface area contributed by atoms with Gasteiger partial charge in [0.2, 0.25) is 0 Å². The van der Waals surface area contributed by atoms with E-state index in [4.69, 9.17) is 5.73 Å². The van der Waals surface area contributed by atoms with Crippen LogP contribution in [0.2, 0.25) is 0 Å². The largest absolute Gasteiger partial charge is 0.397 e. The molecule has 0 saturated carbocycles. The number of anilines is 3. The van der Waals surface area contributed by atoms with Crippen LogP contribution in [0.4, 0.5) is 21.9 Å². The van der Waals surface area contributed by atoms with Gasteiger partial charge < -0.3 is 16.4 Å². The number of nitrogens with one attached hydrogen (secondary N) is 2. The number of nitrogen functional groups attached to an aromatic ring is 1. The van der Waals surface area contributed by atoms with Gasteiger partial charge in [-0.3, -0.25) is 0 Å². The highest BCUT2D eigenvalue weighted by atomic mass is 16.2. The van der Waals surface area contributed by atoms with Crippen molar-refractivity contribution in [2.75, 3.05) is 16.4 Å². The van der Waals surface area contributed by atoms with E-state index in [0.717, 1.165) is 22.4 Å². The number of urea groups is 1. The third-order valence-corrected chi connectivity index (χ3v) is 3.71. The van der Waals surface area contributed by atoms with Crippen molar-refractivity contribution < 1.29 is 4.79 Å². The third-order valence-electron chi connectivity index (χ3n) is 3.71. The van der Waals surface area contributed by atoms with Crippen LogP contribution in [0.1, 0.15) is 5.56 Å². The summed E-state index contributed by atoms with van der Waals surface area (Å²) < 4.78 is 0. The van der Waals surface area contributed by atoms with Crippen LogP contribution < -0.4 is 16.4 Å². The van der Waals surface area contributed by atoms with E-state index in [1.807, 2.05) is 61.5 Å². The second kappa shape index (κ2) is 6.87. The average molecular weight is 317 g/mol. The standard InChI is InChI=1S/C20H19N3O/c1-14-7-12-19(18(21)13-14)23-20(24)22-17-10-8-16(9-11-17)15-5-3-2-4-6-15/h2-13H,21H2,1H3,(H2,22,23,24). The van der Waals surface area contributed by atoms with Gasteiger partial charge >= 0.3 is 6.03 Å². The fraction of sp³-hybridized carbons (Fsp3) is 0.0500. The Morgan fingerprint density at radius 3 is 2.17 bits per heavy atom. The minimum Gasteiger partial charge on any atom is -0.397 e. The molecule has 24 heavy (non-hydrogen) atoms. The van der Waals surface area contributed by atoms with Gasteiger partial charge in [0.05, 0.1) is 11.4 Å². The second-order valence-corrected chi connectivity index (χ2v) is 5.61. The van der Waals surface area contributed by atoms with E-state index in [2.05, 4.69) is 22.8 Å². The highest BCUT2D eigenvalue weighted by Crippen LogP contribution is 2.22. The van der Waals surface area contributed by atoms with Crippen LogP contribution in [-0.2, 0) is 0 Å². The van der Waals surface area contributed by atoms with Gasteiger partial charge in [-0.15, -0.1) is 0 Å². The van der Waals surface area contributed by atoms with Crippen LogP contribution in [0.15, 0.2) is 72.8 Å². The zero-order valence-electron chi connectivity index (χ0n) is 13.4. The molecule has 120 valence electrons. The quantitative estimate of drug-likeness (QED) is 0.602.